The van der Waals surface area contributed by atoms with Crippen LogP contribution >= 0.6 is 11.3 Å². The van der Waals surface area contributed by atoms with Crippen LogP contribution < -0.4 is 0 Å². The average molecular weight is 568 g/mol. The van der Waals surface area contributed by atoms with Crippen molar-refractivity contribution < 1.29 is 0 Å². The fourth-order valence-electron chi connectivity index (χ4n) is 8.10. The van der Waals surface area contributed by atoms with Crippen LogP contribution in [-0.2, 0) is 10.8 Å². The summed E-state index contributed by atoms with van der Waals surface area (Å²) in [7, 11) is 0. The van der Waals surface area contributed by atoms with E-state index in [-0.39, 0.29) is 5.41 Å². The predicted octanol–water partition coefficient (Wildman–Crippen LogP) is 10.6. The van der Waals surface area contributed by atoms with Crippen molar-refractivity contribution in [3.8, 4) is 32.8 Å². The van der Waals surface area contributed by atoms with Crippen molar-refractivity contribution in [1.29, 1.82) is 0 Å². The zero-order valence-electron chi connectivity index (χ0n) is 24.1. The summed E-state index contributed by atoms with van der Waals surface area (Å²) in [6.07, 6.45) is 0. The Hall–Kier alpha value is -4.79. The van der Waals surface area contributed by atoms with Gasteiger partial charge >= 0.3 is 0 Å². The lowest BCUT2D eigenvalue weighted by Crippen LogP contribution is -2.41. The Balaban J connectivity index is 1.41. The van der Waals surface area contributed by atoms with Gasteiger partial charge in [0.05, 0.1) is 15.6 Å². The van der Waals surface area contributed by atoms with Gasteiger partial charge in [0.1, 0.15) is 5.01 Å². The Labute approximate surface area is 256 Å². The van der Waals surface area contributed by atoms with E-state index in [1.54, 1.807) is 11.3 Å². The third-order valence-corrected chi connectivity index (χ3v) is 10.9. The molecular formula is C41H29NS. The van der Waals surface area contributed by atoms with Crippen molar-refractivity contribution >= 4 is 21.6 Å². The first-order valence-electron chi connectivity index (χ1n) is 15.0. The minimum atomic E-state index is -0.393. The molecule has 1 heterocycles. The summed E-state index contributed by atoms with van der Waals surface area (Å²) < 4.78 is 1.22. The van der Waals surface area contributed by atoms with Crippen LogP contribution in [0.25, 0.3) is 43.0 Å². The van der Waals surface area contributed by atoms with Gasteiger partial charge < -0.3 is 0 Å². The Morgan fingerprint density at radius 1 is 0.442 bits per heavy atom. The number of benzene rings is 6. The lowest BCUT2D eigenvalue weighted by Gasteiger charge is -2.47. The molecule has 0 saturated heterocycles. The summed E-state index contributed by atoms with van der Waals surface area (Å²) in [5.74, 6) is 0. The van der Waals surface area contributed by atoms with Gasteiger partial charge in [-0.2, -0.15) is 0 Å². The highest BCUT2D eigenvalue weighted by Gasteiger charge is 2.53. The Kier molecular flexibility index (Phi) is 5.10. The van der Waals surface area contributed by atoms with Crippen molar-refractivity contribution in [2.75, 3.05) is 0 Å². The molecule has 1 nitrogen and oxygen atoms in total. The average Bonchev–Trinajstić information content (AvgIpc) is 3.62. The van der Waals surface area contributed by atoms with E-state index in [4.69, 9.17) is 4.98 Å². The molecule has 9 rings (SSSR count). The Morgan fingerprint density at radius 2 is 0.953 bits per heavy atom. The number of aromatic nitrogens is 1. The number of hydrogen-bond donors (Lipinski definition) is 0. The molecule has 1 aromatic heterocycles. The third-order valence-electron chi connectivity index (χ3n) is 9.79. The van der Waals surface area contributed by atoms with Crippen molar-refractivity contribution in [2.24, 2.45) is 0 Å². The number of rotatable bonds is 2. The topological polar surface area (TPSA) is 12.9 Å². The zero-order valence-corrected chi connectivity index (χ0v) is 25.0. The van der Waals surface area contributed by atoms with E-state index in [2.05, 4.69) is 153 Å². The van der Waals surface area contributed by atoms with Crippen molar-refractivity contribution in [3.05, 3.63) is 173 Å². The van der Waals surface area contributed by atoms with Crippen LogP contribution in [0.1, 0.15) is 47.2 Å². The molecule has 7 aromatic rings. The van der Waals surface area contributed by atoms with E-state index in [0.29, 0.717) is 0 Å². The number of nitrogens with zero attached hydrogens (tertiary/aromatic N) is 1. The van der Waals surface area contributed by atoms with Crippen molar-refractivity contribution in [2.45, 2.75) is 24.7 Å². The Morgan fingerprint density at radius 3 is 1.65 bits per heavy atom. The maximum Gasteiger partial charge on any atom is 0.125 e. The van der Waals surface area contributed by atoms with Gasteiger partial charge in [-0.1, -0.05) is 141 Å². The second-order valence-electron chi connectivity index (χ2n) is 12.3. The van der Waals surface area contributed by atoms with Gasteiger partial charge in [-0.3, -0.25) is 0 Å². The van der Waals surface area contributed by atoms with Gasteiger partial charge in [0.25, 0.3) is 0 Å². The maximum atomic E-state index is 5.10. The van der Waals surface area contributed by atoms with E-state index in [1.165, 1.54) is 65.9 Å². The second-order valence-corrected chi connectivity index (χ2v) is 13.3. The minimum Gasteiger partial charge on any atom is -0.236 e. The molecule has 0 radical (unpaired) electrons. The fourth-order valence-corrected chi connectivity index (χ4v) is 9.11. The highest BCUT2D eigenvalue weighted by molar-refractivity contribution is 7.21. The van der Waals surface area contributed by atoms with E-state index >= 15 is 0 Å². The molecule has 0 bridgehead atoms. The summed E-state index contributed by atoms with van der Waals surface area (Å²) in [4.78, 5) is 5.10. The molecule has 0 atom stereocenters. The molecule has 204 valence electrons. The molecule has 1 spiro atoms. The van der Waals surface area contributed by atoms with Crippen LogP contribution in [-0.4, -0.2) is 4.98 Å². The molecule has 6 aromatic carbocycles. The van der Waals surface area contributed by atoms with E-state index in [1.807, 2.05) is 0 Å². The summed E-state index contributed by atoms with van der Waals surface area (Å²) in [5.41, 5.74) is 15.1. The molecule has 2 heteroatoms. The molecule has 0 unspecified atom stereocenters. The van der Waals surface area contributed by atoms with E-state index < -0.39 is 5.41 Å². The summed E-state index contributed by atoms with van der Waals surface area (Å²) >= 11 is 1.77. The Bertz CT molecular complexity index is 2150. The SMILES string of the molecule is CC1(C)c2ccccc2C2(c3ccccc3-c3ccccc32)c2cccc(-c3ccccc3-c3nc4ccccc4s3)c21. The van der Waals surface area contributed by atoms with Gasteiger partial charge in [0.2, 0.25) is 0 Å². The monoisotopic (exact) mass is 567 g/mol. The van der Waals surface area contributed by atoms with Crippen LogP contribution in [0.3, 0.4) is 0 Å². The van der Waals surface area contributed by atoms with Crippen LogP contribution in [0.15, 0.2) is 140 Å². The third kappa shape index (κ3) is 3.19. The van der Waals surface area contributed by atoms with Crippen LogP contribution in [0.5, 0.6) is 0 Å². The normalized spacial score (nSPS) is 15.1. The summed E-state index contributed by atoms with van der Waals surface area (Å²) in [6.45, 7) is 4.82. The number of hydrogen-bond acceptors (Lipinski definition) is 2. The van der Waals surface area contributed by atoms with Crippen LogP contribution in [0.2, 0.25) is 0 Å². The standard InChI is InChI=1S/C41H29NS/c1-40(2)33-21-9-10-22-34(33)41(31-19-7-5-15-27(31)28-16-6-8-20-32(28)41)35-23-13-18-29(38(35)40)26-14-3-4-17-30(26)39-42-36-24-11-12-25-37(36)43-39/h3-25H,1-2H3. The lowest BCUT2D eigenvalue weighted by molar-refractivity contribution is 0.565. The number of thiazole rings is 1. The quantitative estimate of drug-likeness (QED) is 0.202. The van der Waals surface area contributed by atoms with E-state index in [0.717, 1.165) is 10.5 Å². The molecular weight excluding hydrogens is 539 g/mol. The predicted molar refractivity (Wildman–Crippen MR) is 180 cm³/mol. The molecule has 0 fully saturated rings. The van der Waals surface area contributed by atoms with Crippen LogP contribution in [0, 0.1) is 0 Å². The molecule has 0 aliphatic heterocycles. The lowest BCUT2D eigenvalue weighted by atomic mass is 9.54. The first-order chi connectivity index (χ1) is 21.1. The smallest absolute Gasteiger partial charge is 0.125 e. The van der Waals surface area contributed by atoms with Gasteiger partial charge in [0, 0.05) is 11.0 Å². The molecule has 0 saturated carbocycles. The van der Waals surface area contributed by atoms with E-state index in [9.17, 15) is 0 Å². The number of fused-ring (bicyclic) bond motifs is 10. The molecule has 2 aliphatic rings. The summed E-state index contributed by atoms with van der Waals surface area (Å²) in [6, 6.07) is 51.6. The largest absolute Gasteiger partial charge is 0.236 e. The maximum absolute atomic E-state index is 5.10. The fraction of sp³-hybridized carbons (Fsp3) is 0.0976. The van der Waals surface area contributed by atoms with Crippen LogP contribution in [0.4, 0.5) is 0 Å². The molecule has 0 amide bonds. The van der Waals surface area contributed by atoms with Gasteiger partial charge in [-0.15, -0.1) is 11.3 Å². The van der Waals surface area contributed by atoms with Gasteiger partial charge in [-0.05, 0) is 67.8 Å². The van der Waals surface area contributed by atoms with Crippen molar-refractivity contribution in [1.82, 2.24) is 4.98 Å². The summed E-state index contributed by atoms with van der Waals surface area (Å²) in [5, 5.41) is 1.06. The van der Waals surface area contributed by atoms with Gasteiger partial charge in [0.15, 0.2) is 0 Å². The molecule has 2 aliphatic carbocycles. The highest BCUT2D eigenvalue weighted by atomic mass is 32.1. The van der Waals surface area contributed by atoms with Crippen molar-refractivity contribution in [3.63, 3.8) is 0 Å². The number of para-hydroxylation sites is 1. The van der Waals surface area contributed by atoms with Gasteiger partial charge in [-0.25, -0.2) is 4.98 Å². The first kappa shape index (κ1) is 24.8. The second kappa shape index (κ2) is 8.86. The minimum absolute atomic E-state index is 0.221. The molecule has 43 heavy (non-hydrogen) atoms. The zero-order chi connectivity index (χ0) is 28.8. The first-order valence-corrected chi connectivity index (χ1v) is 15.8. The highest BCUT2D eigenvalue weighted by Crippen LogP contribution is 2.63. The molecule has 0 N–H and O–H groups in total.